The number of nitrogens with two attached hydrogens (primary N) is 1. The fourth-order valence-corrected chi connectivity index (χ4v) is 9.55. The maximum atomic E-state index is 13.3. The molecule has 65 heavy (non-hydrogen) atoms. The number of aliphatic hydroxyl groups excluding tert-OH is 1. The number of carbonyl (C=O) groups is 4. The maximum absolute atomic E-state index is 13.3. The highest BCUT2D eigenvalue weighted by atomic mass is 16.5. The standard InChI is InChI=1S/C47H56N12O6/c48-39-29-49-28-35(52-39)36-30-58-22-19-50-44(58)43(53-36)51-31-11-13-32(14-12-31)55-23-25-56(26-24-55)33-17-20-57(21-18-33)41(61)10-5-3-1-2-4-6-27-65-38-9-7-8-34-42(38)47(64)59(46(34)63)37-15-16-40(60)54-45(37)62/h7-9,11-14,19,22,28-30,33,37,46,63H,1-6,10,15-18,20-21,23-27H2,(H2,48,52)(H,51,53)(H,54,60,62). The molecule has 7 heterocycles. The average molecular weight is 885 g/mol. The van der Waals surface area contributed by atoms with Gasteiger partial charge in [0.2, 0.25) is 17.7 Å². The van der Waals surface area contributed by atoms with Crippen molar-refractivity contribution in [1.82, 2.24) is 44.4 Å². The van der Waals surface area contributed by atoms with Crippen LogP contribution >= 0.6 is 0 Å². The molecule has 5 aromatic rings. The molecule has 0 bridgehead atoms. The first kappa shape index (κ1) is 43.6. The van der Waals surface area contributed by atoms with Crippen molar-refractivity contribution < 1.29 is 29.0 Å². The number of aromatic nitrogens is 5. The van der Waals surface area contributed by atoms with Gasteiger partial charge in [-0.25, -0.2) is 15.0 Å². The van der Waals surface area contributed by atoms with Crippen LogP contribution in [0.1, 0.15) is 92.8 Å². The lowest BCUT2D eigenvalue weighted by atomic mass is 10.0. The fourth-order valence-electron chi connectivity index (χ4n) is 9.55. The van der Waals surface area contributed by atoms with Crippen LogP contribution in [0.15, 0.2) is 73.4 Å². The zero-order valence-corrected chi connectivity index (χ0v) is 36.5. The van der Waals surface area contributed by atoms with Crippen LogP contribution in [0, 0.1) is 0 Å². The third kappa shape index (κ3) is 9.73. The summed E-state index contributed by atoms with van der Waals surface area (Å²) >= 11 is 0. The van der Waals surface area contributed by atoms with E-state index >= 15 is 0 Å². The number of aliphatic hydroxyl groups is 1. The zero-order valence-electron chi connectivity index (χ0n) is 36.5. The van der Waals surface area contributed by atoms with Crippen molar-refractivity contribution in [1.29, 1.82) is 0 Å². The van der Waals surface area contributed by atoms with Gasteiger partial charge in [0.15, 0.2) is 17.7 Å². The van der Waals surface area contributed by atoms with Gasteiger partial charge in [-0.05, 0) is 62.4 Å². The van der Waals surface area contributed by atoms with Gasteiger partial charge in [-0.15, -0.1) is 0 Å². The van der Waals surface area contributed by atoms with Crippen molar-refractivity contribution in [3.05, 3.63) is 84.6 Å². The molecule has 4 amide bonds. The van der Waals surface area contributed by atoms with Gasteiger partial charge >= 0.3 is 0 Å². The molecular formula is C47H56N12O6. The van der Waals surface area contributed by atoms with E-state index in [1.807, 2.05) is 16.8 Å². The molecule has 340 valence electrons. The second kappa shape index (κ2) is 19.6. The van der Waals surface area contributed by atoms with Crippen molar-refractivity contribution in [2.75, 3.05) is 61.8 Å². The Balaban J connectivity index is 0.643. The van der Waals surface area contributed by atoms with Gasteiger partial charge < -0.3 is 35.1 Å². The minimum atomic E-state index is -1.27. The number of imidazole rings is 1. The third-order valence-corrected chi connectivity index (χ3v) is 13.1. The normalized spacial score (nSPS) is 19.5. The van der Waals surface area contributed by atoms with E-state index in [0.29, 0.717) is 59.1 Å². The van der Waals surface area contributed by atoms with Gasteiger partial charge in [0.05, 0.1) is 24.6 Å². The summed E-state index contributed by atoms with van der Waals surface area (Å²) < 4.78 is 7.91. The number of amides is 4. The summed E-state index contributed by atoms with van der Waals surface area (Å²) in [6.07, 6.45) is 15.9. The highest BCUT2D eigenvalue weighted by Gasteiger charge is 2.45. The number of anilines is 4. The lowest BCUT2D eigenvalue weighted by Crippen LogP contribution is -2.53. The van der Waals surface area contributed by atoms with Crippen LogP contribution < -0.4 is 26.0 Å². The Kier molecular flexibility index (Phi) is 13.1. The molecule has 3 fully saturated rings. The van der Waals surface area contributed by atoms with Crippen molar-refractivity contribution in [2.45, 2.75) is 88.9 Å². The van der Waals surface area contributed by atoms with Gasteiger partial charge in [-0.3, -0.25) is 39.3 Å². The van der Waals surface area contributed by atoms with E-state index < -0.39 is 24.1 Å². The van der Waals surface area contributed by atoms with Crippen LogP contribution in [0.2, 0.25) is 0 Å². The number of ether oxygens (including phenoxy) is 1. The first-order valence-electron chi connectivity index (χ1n) is 22.9. The van der Waals surface area contributed by atoms with Crippen LogP contribution in [-0.4, -0.2) is 126 Å². The molecule has 2 atom stereocenters. The van der Waals surface area contributed by atoms with E-state index in [0.717, 1.165) is 101 Å². The summed E-state index contributed by atoms with van der Waals surface area (Å²) in [7, 11) is 0. The number of fused-ring (bicyclic) bond motifs is 2. The number of nitrogens with one attached hydrogen (secondary N) is 2. The van der Waals surface area contributed by atoms with Crippen molar-refractivity contribution >= 4 is 52.3 Å². The SMILES string of the molecule is Nc1cncc(-c2cn3ccnc3c(Nc3ccc(N4CCN(C5CCN(C(=O)CCCCCCCCOc6cccc7c6C(=O)N(C6CCC(=O)NC6=O)C7O)CC5)CC4)cc3)n2)n1. The third-order valence-electron chi connectivity index (χ3n) is 13.1. The van der Waals surface area contributed by atoms with Gasteiger partial charge in [0, 0.05) is 93.7 Å². The number of nitrogens with zero attached hydrogens (tertiary/aromatic N) is 9. The molecule has 0 spiro atoms. The monoisotopic (exact) mass is 884 g/mol. The minimum Gasteiger partial charge on any atom is -0.493 e. The molecule has 4 aliphatic heterocycles. The molecule has 2 aromatic carbocycles. The molecule has 4 aliphatic rings. The van der Waals surface area contributed by atoms with Crippen LogP contribution in [-0.2, 0) is 14.4 Å². The highest BCUT2D eigenvalue weighted by molar-refractivity contribution is 6.07. The molecular weight excluding hydrogens is 829 g/mol. The summed E-state index contributed by atoms with van der Waals surface area (Å²) in [6, 6.07) is 13.1. The number of carbonyl (C=O) groups excluding carboxylic acids is 4. The highest BCUT2D eigenvalue weighted by Crippen LogP contribution is 2.40. The summed E-state index contributed by atoms with van der Waals surface area (Å²) in [5.41, 5.74) is 10.6. The number of piperidine rings is 2. The quantitative estimate of drug-likeness (QED) is 0.0782. The number of nitrogen functional groups attached to an aromatic ring is 1. The molecule has 0 saturated carbocycles. The van der Waals surface area contributed by atoms with Crippen molar-refractivity contribution in [3.8, 4) is 17.1 Å². The summed E-state index contributed by atoms with van der Waals surface area (Å²) in [5, 5.41) is 16.6. The number of piperazine rings is 1. The van der Waals surface area contributed by atoms with Crippen molar-refractivity contribution in [3.63, 3.8) is 0 Å². The predicted molar refractivity (Wildman–Crippen MR) is 243 cm³/mol. The van der Waals surface area contributed by atoms with E-state index in [9.17, 15) is 24.3 Å². The second-order valence-corrected chi connectivity index (χ2v) is 17.3. The van der Waals surface area contributed by atoms with E-state index in [2.05, 4.69) is 64.6 Å². The fraction of sp³-hybridized carbons (Fsp3) is 0.447. The molecule has 5 N–H and O–H groups in total. The van der Waals surface area contributed by atoms with Gasteiger partial charge in [0.25, 0.3) is 5.91 Å². The number of likely N-dealkylation sites (tertiary alicyclic amines) is 1. The van der Waals surface area contributed by atoms with Crippen molar-refractivity contribution in [2.24, 2.45) is 0 Å². The van der Waals surface area contributed by atoms with Crippen LogP contribution in [0.25, 0.3) is 17.0 Å². The molecule has 0 radical (unpaired) electrons. The number of hydrogen-bond acceptors (Lipinski definition) is 14. The Morgan fingerprint density at radius 1 is 0.877 bits per heavy atom. The topological polar surface area (TPSA) is 217 Å². The van der Waals surface area contributed by atoms with E-state index in [1.165, 1.54) is 11.9 Å². The Bertz CT molecular complexity index is 2520. The lowest BCUT2D eigenvalue weighted by Gasteiger charge is -2.43. The van der Waals surface area contributed by atoms with E-state index in [1.54, 1.807) is 30.6 Å². The molecule has 3 aromatic heterocycles. The molecule has 9 rings (SSSR count). The number of imide groups is 1. The van der Waals surface area contributed by atoms with Gasteiger partial charge in [-0.2, -0.15) is 0 Å². The molecule has 18 heteroatoms. The Hall–Kier alpha value is -6.66. The summed E-state index contributed by atoms with van der Waals surface area (Å²) in [6.45, 7) is 5.95. The first-order valence-corrected chi connectivity index (χ1v) is 22.9. The van der Waals surface area contributed by atoms with Crippen LogP contribution in [0.3, 0.4) is 0 Å². The van der Waals surface area contributed by atoms with Crippen LogP contribution in [0.5, 0.6) is 5.75 Å². The summed E-state index contributed by atoms with van der Waals surface area (Å²) in [4.78, 5) is 76.6. The predicted octanol–water partition coefficient (Wildman–Crippen LogP) is 4.69. The van der Waals surface area contributed by atoms with Crippen LogP contribution in [0.4, 0.5) is 23.0 Å². The smallest absolute Gasteiger partial charge is 0.261 e. The molecule has 18 nitrogen and oxygen atoms in total. The molecule has 0 aliphatic carbocycles. The number of rotatable bonds is 16. The van der Waals surface area contributed by atoms with E-state index in [4.69, 9.17) is 15.5 Å². The second-order valence-electron chi connectivity index (χ2n) is 17.3. The molecule has 3 saturated heterocycles. The minimum absolute atomic E-state index is 0.110. The zero-order chi connectivity index (χ0) is 44.9. The van der Waals surface area contributed by atoms with Gasteiger partial charge in [-0.1, -0.05) is 37.8 Å². The summed E-state index contributed by atoms with van der Waals surface area (Å²) in [5.74, 6) is 0.168. The Morgan fingerprint density at radius 3 is 2.42 bits per heavy atom. The number of hydrogen-bond donors (Lipinski definition) is 4. The van der Waals surface area contributed by atoms with Gasteiger partial charge in [0.1, 0.15) is 29.0 Å². The number of benzene rings is 2. The van der Waals surface area contributed by atoms with E-state index in [-0.39, 0.29) is 30.2 Å². The number of unbranched alkanes of at least 4 members (excludes halogenated alkanes) is 5. The lowest BCUT2D eigenvalue weighted by molar-refractivity contribution is -0.139. The molecule has 2 unspecified atom stereocenters. The average Bonchev–Trinajstić information content (AvgIpc) is 3.91. The first-order chi connectivity index (χ1) is 31.7. The largest absolute Gasteiger partial charge is 0.493 e. The Morgan fingerprint density at radius 2 is 1.65 bits per heavy atom. The Labute approximate surface area is 377 Å². The maximum Gasteiger partial charge on any atom is 0.261 e.